The van der Waals surface area contributed by atoms with Crippen LogP contribution in [0.1, 0.15) is 5.69 Å². The van der Waals surface area contributed by atoms with Gasteiger partial charge in [-0.3, -0.25) is 0 Å². The third kappa shape index (κ3) is 2.11. The van der Waals surface area contributed by atoms with Gasteiger partial charge >= 0.3 is 0 Å². The minimum absolute atomic E-state index is 0.870. The first-order valence-electron chi connectivity index (χ1n) is 4.44. The third-order valence-electron chi connectivity index (χ3n) is 1.97. The molecule has 1 N–H and O–H groups in total. The van der Waals surface area contributed by atoms with Crippen molar-refractivity contribution in [2.75, 3.05) is 11.9 Å². The maximum absolute atomic E-state index is 4.21. The maximum atomic E-state index is 4.21. The van der Waals surface area contributed by atoms with E-state index in [9.17, 15) is 0 Å². The van der Waals surface area contributed by atoms with Gasteiger partial charge in [0, 0.05) is 37.8 Å². The van der Waals surface area contributed by atoms with Gasteiger partial charge in [-0.2, -0.15) is 0 Å². The molecule has 0 unspecified atom stereocenters. The lowest BCUT2D eigenvalue weighted by Crippen LogP contribution is -2.08. The first-order valence-corrected chi connectivity index (χ1v) is 5.39. The molecule has 2 aromatic rings. The van der Waals surface area contributed by atoms with Gasteiger partial charge in [-0.1, -0.05) is 0 Å². The van der Waals surface area contributed by atoms with E-state index in [1.807, 2.05) is 23.3 Å². The van der Waals surface area contributed by atoms with Crippen LogP contribution in [0.5, 0.6) is 0 Å². The van der Waals surface area contributed by atoms with Gasteiger partial charge in [-0.05, 0) is 0 Å². The molecule has 0 radical (unpaired) electrons. The zero-order chi connectivity index (χ0) is 9.80. The van der Waals surface area contributed by atoms with E-state index in [4.69, 9.17) is 0 Å². The largest absolute Gasteiger partial charge is 0.355 e. The number of hydrogen-bond acceptors (Lipinski definition) is 4. The average molecular weight is 208 g/mol. The summed E-state index contributed by atoms with van der Waals surface area (Å²) >= 11 is 1.63. The van der Waals surface area contributed by atoms with Gasteiger partial charge < -0.3 is 9.88 Å². The molecule has 0 amide bonds. The minimum Gasteiger partial charge on any atom is -0.355 e. The quantitative estimate of drug-likeness (QED) is 0.828. The van der Waals surface area contributed by atoms with E-state index in [2.05, 4.69) is 20.7 Å². The van der Waals surface area contributed by atoms with Crippen LogP contribution < -0.4 is 5.32 Å². The van der Waals surface area contributed by atoms with Crippen molar-refractivity contribution in [2.45, 2.75) is 6.42 Å². The molecule has 5 heteroatoms. The highest BCUT2D eigenvalue weighted by Gasteiger charge is 1.98. The van der Waals surface area contributed by atoms with Crippen LogP contribution in [0.25, 0.3) is 0 Å². The summed E-state index contributed by atoms with van der Waals surface area (Å²) in [6, 6.07) is 0. The first kappa shape index (κ1) is 9.21. The van der Waals surface area contributed by atoms with Crippen LogP contribution in [0.2, 0.25) is 0 Å². The number of thiazole rings is 1. The summed E-state index contributed by atoms with van der Waals surface area (Å²) < 4.78 is 1.96. The van der Waals surface area contributed by atoms with Gasteiger partial charge in [0.15, 0.2) is 0 Å². The molecule has 0 fully saturated rings. The first-order chi connectivity index (χ1) is 6.86. The molecule has 0 aliphatic heterocycles. The molecule has 4 nitrogen and oxygen atoms in total. The highest BCUT2D eigenvalue weighted by Crippen LogP contribution is 2.03. The smallest absolute Gasteiger partial charge is 0.202 e. The van der Waals surface area contributed by atoms with Gasteiger partial charge in [0.25, 0.3) is 0 Å². The Morgan fingerprint density at radius 1 is 1.50 bits per heavy atom. The lowest BCUT2D eigenvalue weighted by molar-refractivity contribution is 0.883. The number of nitrogens with zero attached hydrogens (tertiary/aromatic N) is 3. The Balaban J connectivity index is 1.81. The van der Waals surface area contributed by atoms with Crippen LogP contribution >= 0.6 is 11.3 Å². The molecule has 74 valence electrons. The van der Waals surface area contributed by atoms with E-state index in [0.717, 1.165) is 24.6 Å². The predicted molar refractivity (Wildman–Crippen MR) is 57.5 cm³/mol. The van der Waals surface area contributed by atoms with Crippen molar-refractivity contribution in [1.29, 1.82) is 0 Å². The summed E-state index contributed by atoms with van der Waals surface area (Å²) in [5.41, 5.74) is 2.99. The van der Waals surface area contributed by atoms with Crippen molar-refractivity contribution in [1.82, 2.24) is 14.5 Å². The van der Waals surface area contributed by atoms with Crippen LogP contribution in [-0.2, 0) is 13.5 Å². The third-order valence-corrected chi connectivity index (χ3v) is 2.60. The molecule has 0 bridgehead atoms. The summed E-state index contributed by atoms with van der Waals surface area (Å²) in [7, 11) is 1.97. The van der Waals surface area contributed by atoms with E-state index in [1.54, 1.807) is 17.5 Å². The van der Waals surface area contributed by atoms with Gasteiger partial charge in [-0.25, -0.2) is 9.97 Å². The summed E-state index contributed by atoms with van der Waals surface area (Å²) in [4.78, 5) is 8.38. The van der Waals surface area contributed by atoms with Crippen LogP contribution in [0.15, 0.2) is 23.3 Å². The number of aryl methyl sites for hydroxylation is 1. The summed E-state index contributed by atoms with van der Waals surface area (Å²) in [6.45, 7) is 0.870. The predicted octanol–water partition coefficient (Wildman–Crippen LogP) is 1.53. The average Bonchev–Trinajstić information content (AvgIpc) is 2.78. The van der Waals surface area contributed by atoms with E-state index in [-0.39, 0.29) is 0 Å². The molecule has 0 aliphatic carbocycles. The Bertz CT molecular complexity index is 379. The van der Waals surface area contributed by atoms with Gasteiger partial charge in [0.05, 0.1) is 11.2 Å². The Morgan fingerprint density at radius 2 is 2.43 bits per heavy atom. The Kier molecular flexibility index (Phi) is 2.78. The molecule has 0 spiro atoms. The van der Waals surface area contributed by atoms with Gasteiger partial charge in [-0.15, -0.1) is 11.3 Å². The van der Waals surface area contributed by atoms with Crippen molar-refractivity contribution in [3.63, 3.8) is 0 Å². The zero-order valence-electron chi connectivity index (χ0n) is 7.97. The lowest BCUT2D eigenvalue weighted by Gasteiger charge is -2.03. The van der Waals surface area contributed by atoms with E-state index in [1.165, 1.54) is 0 Å². The SMILES string of the molecule is Cn1ccnc1NCCc1cscn1. The Labute approximate surface area is 86.6 Å². The number of aromatic nitrogens is 3. The number of nitrogens with one attached hydrogen (secondary N) is 1. The molecule has 14 heavy (non-hydrogen) atoms. The fourth-order valence-electron chi connectivity index (χ4n) is 1.20. The van der Waals surface area contributed by atoms with Crippen molar-refractivity contribution in [2.24, 2.45) is 7.05 Å². The maximum Gasteiger partial charge on any atom is 0.202 e. The lowest BCUT2D eigenvalue weighted by atomic mass is 10.3. The van der Waals surface area contributed by atoms with E-state index < -0.39 is 0 Å². The molecule has 0 saturated heterocycles. The standard InChI is InChI=1S/C9H12N4S/c1-13-5-4-11-9(13)10-3-2-8-6-14-7-12-8/h4-7H,2-3H2,1H3,(H,10,11). The number of rotatable bonds is 4. The fraction of sp³-hybridized carbons (Fsp3) is 0.333. The van der Waals surface area contributed by atoms with Gasteiger partial charge in [0.1, 0.15) is 0 Å². The zero-order valence-corrected chi connectivity index (χ0v) is 8.79. The van der Waals surface area contributed by atoms with Crippen LogP contribution in [0.4, 0.5) is 5.95 Å². The van der Waals surface area contributed by atoms with Crippen LogP contribution in [-0.4, -0.2) is 21.1 Å². The molecule has 2 aromatic heterocycles. The number of imidazole rings is 1. The molecule has 2 heterocycles. The second-order valence-corrected chi connectivity index (χ2v) is 3.74. The van der Waals surface area contributed by atoms with Crippen molar-refractivity contribution < 1.29 is 0 Å². The highest BCUT2D eigenvalue weighted by molar-refractivity contribution is 7.07. The molecule has 0 aromatic carbocycles. The monoisotopic (exact) mass is 208 g/mol. The highest BCUT2D eigenvalue weighted by atomic mass is 32.1. The number of hydrogen-bond donors (Lipinski definition) is 1. The second-order valence-electron chi connectivity index (χ2n) is 3.02. The summed E-state index contributed by atoms with van der Waals surface area (Å²) in [5, 5.41) is 5.32. The summed E-state index contributed by atoms with van der Waals surface area (Å²) in [6.07, 6.45) is 4.65. The number of anilines is 1. The topological polar surface area (TPSA) is 42.7 Å². The molecule has 2 rings (SSSR count). The van der Waals surface area contributed by atoms with Gasteiger partial charge in [0.2, 0.25) is 5.95 Å². The molecular weight excluding hydrogens is 196 g/mol. The Hall–Kier alpha value is -1.36. The van der Waals surface area contributed by atoms with Crippen molar-refractivity contribution in [3.8, 4) is 0 Å². The van der Waals surface area contributed by atoms with E-state index >= 15 is 0 Å². The Morgan fingerprint density at radius 3 is 3.07 bits per heavy atom. The normalized spacial score (nSPS) is 10.4. The minimum atomic E-state index is 0.870. The fourth-order valence-corrected chi connectivity index (χ4v) is 1.79. The molecular formula is C9H12N4S. The second kappa shape index (κ2) is 4.23. The summed E-state index contributed by atoms with van der Waals surface area (Å²) in [5.74, 6) is 0.903. The van der Waals surface area contributed by atoms with Crippen molar-refractivity contribution >= 4 is 17.3 Å². The molecule has 0 atom stereocenters. The van der Waals surface area contributed by atoms with Crippen LogP contribution in [0, 0.1) is 0 Å². The van der Waals surface area contributed by atoms with Crippen molar-refractivity contribution in [3.05, 3.63) is 29.0 Å². The van der Waals surface area contributed by atoms with E-state index in [0.29, 0.717) is 0 Å². The molecule has 0 saturated carbocycles. The van der Waals surface area contributed by atoms with Crippen LogP contribution in [0.3, 0.4) is 0 Å². The molecule has 0 aliphatic rings.